The zero-order valence-corrected chi connectivity index (χ0v) is 12.2. The SMILES string of the molecule is N#C/C(=C/c1ccccc1C(=O)O)c1nc2ccccc2s1. The minimum Gasteiger partial charge on any atom is -0.478 e. The van der Waals surface area contributed by atoms with E-state index in [0.717, 1.165) is 10.2 Å². The Labute approximate surface area is 130 Å². The molecule has 5 heteroatoms. The number of carboxylic acid groups (broad SMARTS) is 1. The van der Waals surface area contributed by atoms with Crippen molar-refractivity contribution in [2.45, 2.75) is 0 Å². The number of carboxylic acids is 1. The lowest BCUT2D eigenvalue weighted by Crippen LogP contribution is -1.99. The number of benzene rings is 2. The minimum absolute atomic E-state index is 0.163. The van der Waals surface area contributed by atoms with Crippen molar-refractivity contribution in [3.8, 4) is 6.07 Å². The average molecular weight is 306 g/mol. The van der Waals surface area contributed by atoms with Crippen LogP contribution in [0.25, 0.3) is 21.9 Å². The first-order valence-electron chi connectivity index (χ1n) is 6.49. The number of thiazole rings is 1. The highest BCUT2D eigenvalue weighted by molar-refractivity contribution is 7.19. The number of fused-ring (bicyclic) bond motifs is 1. The summed E-state index contributed by atoms with van der Waals surface area (Å²) in [6.45, 7) is 0. The van der Waals surface area contributed by atoms with E-state index >= 15 is 0 Å². The molecule has 0 saturated heterocycles. The van der Waals surface area contributed by atoms with E-state index in [2.05, 4.69) is 11.1 Å². The Kier molecular flexibility index (Phi) is 3.69. The van der Waals surface area contributed by atoms with Crippen LogP contribution in [-0.4, -0.2) is 16.1 Å². The van der Waals surface area contributed by atoms with Gasteiger partial charge in [-0.25, -0.2) is 9.78 Å². The van der Waals surface area contributed by atoms with E-state index in [1.54, 1.807) is 24.3 Å². The maximum absolute atomic E-state index is 11.2. The fourth-order valence-electron chi connectivity index (χ4n) is 2.10. The maximum atomic E-state index is 11.2. The highest BCUT2D eigenvalue weighted by atomic mass is 32.1. The van der Waals surface area contributed by atoms with Gasteiger partial charge in [0.05, 0.1) is 21.4 Å². The van der Waals surface area contributed by atoms with Crippen molar-refractivity contribution >= 4 is 39.2 Å². The zero-order valence-electron chi connectivity index (χ0n) is 11.4. The summed E-state index contributed by atoms with van der Waals surface area (Å²) in [5.74, 6) is -1.02. The van der Waals surface area contributed by atoms with Gasteiger partial charge in [-0.1, -0.05) is 30.3 Å². The summed E-state index contributed by atoms with van der Waals surface area (Å²) in [5.41, 5.74) is 1.84. The topological polar surface area (TPSA) is 74.0 Å². The van der Waals surface area contributed by atoms with Gasteiger partial charge in [-0.15, -0.1) is 11.3 Å². The third kappa shape index (κ3) is 2.60. The molecule has 0 atom stereocenters. The molecule has 2 aromatic carbocycles. The van der Waals surface area contributed by atoms with Crippen LogP contribution in [0.3, 0.4) is 0 Å². The number of aromatic carboxylic acids is 1. The van der Waals surface area contributed by atoms with Gasteiger partial charge in [0, 0.05) is 0 Å². The molecule has 106 valence electrons. The fourth-order valence-corrected chi connectivity index (χ4v) is 3.03. The summed E-state index contributed by atoms with van der Waals surface area (Å²) < 4.78 is 0.991. The van der Waals surface area contributed by atoms with Crippen LogP contribution in [0.5, 0.6) is 0 Å². The van der Waals surface area contributed by atoms with Gasteiger partial charge in [0.2, 0.25) is 0 Å². The molecule has 3 rings (SSSR count). The molecule has 22 heavy (non-hydrogen) atoms. The molecule has 0 spiro atoms. The van der Waals surface area contributed by atoms with E-state index in [4.69, 9.17) is 0 Å². The molecule has 3 aromatic rings. The van der Waals surface area contributed by atoms with Gasteiger partial charge in [-0.05, 0) is 29.8 Å². The van der Waals surface area contributed by atoms with E-state index in [1.807, 2.05) is 24.3 Å². The minimum atomic E-state index is -1.02. The molecule has 0 bridgehead atoms. The van der Waals surface area contributed by atoms with Gasteiger partial charge in [0.1, 0.15) is 11.1 Å². The van der Waals surface area contributed by atoms with Crippen molar-refractivity contribution in [1.29, 1.82) is 5.26 Å². The molecule has 1 N–H and O–H groups in total. The second-order valence-corrected chi connectivity index (χ2v) is 5.58. The summed E-state index contributed by atoms with van der Waals surface area (Å²) in [7, 11) is 0. The summed E-state index contributed by atoms with van der Waals surface area (Å²) in [6.07, 6.45) is 1.57. The van der Waals surface area contributed by atoms with Crippen molar-refractivity contribution in [2.75, 3.05) is 0 Å². The number of hydrogen-bond acceptors (Lipinski definition) is 4. The van der Waals surface area contributed by atoms with Crippen LogP contribution in [0, 0.1) is 11.3 Å². The Morgan fingerprint density at radius 2 is 1.91 bits per heavy atom. The molecule has 1 heterocycles. The van der Waals surface area contributed by atoms with Gasteiger partial charge >= 0.3 is 5.97 Å². The molecule has 0 radical (unpaired) electrons. The van der Waals surface area contributed by atoms with Crippen molar-refractivity contribution in [2.24, 2.45) is 0 Å². The Morgan fingerprint density at radius 3 is 2.64 bits per heavy atom. The summed E-state index contributed by atoms with van der Waals surface area (Å²) in [5, 5.41) is 19.2. The Morgan fingerprint density at radius 1 is 1.18 bits per heavy atom. The van der Waals surface area contributed by atoms with Crippen molar-refractivity contribution in [1.82, 2.24) is 4.98 Å². The van der Waals surface area contributed by atoms with Gasteiger partial charge in [-0.3, -0.25) is 0 Å². The standard InChI is InChI=1S/C17H10N2O2S/c18-10-12(9-11-5-1-2-6-13(11)17(20)21)16-19-14-7-3-4-8-15(14)22-16/h1-9H,(H,20,21)/b12-9-. The first-order valence-corrected chi connectivity index (χ1v) is 7.31. The van der Waals surface area contributed by atoms with Crippen LogP contribution in [0.1, 0.15) is 20.9 Å². The predicted octanol–water partition coefficient (Wildman–Crippen LogP) is 4.06. The number of rotatable bonds is 3. The number of para-hydroxylation sites is 1. The summed E-state index contributed by atoms with van der Waals surface area (Å²) in [6, 6.07) is 16.3. The number of allylic oxidation sites excluding steroid dienone is 1. The molecule has 0 aliphatic heterocycles. The first kappa shape index (κ1) is 14.0. The third-order valence-electron chi connectivity index (χ3n) is 3.14. The molecular weight excluding hydrogens is 296 g/mol. The number of nitriles is 1. The largest absolute Gasteiger partial charge is 0.478 e. The van der Waals surface area contributed by atoms with E-state index in [0.29, 0.717) is 16.1 Å². The molecule has 1 aromatic heterocycles. The highest BCUT2D eigenvalue weighted by Gasteiger charge is 2.12. The van der Waals surface area contributed by atoms with Crippen molar-refractivity contribution < 1.29 is 9.90 Å². The molecule has 0 saturated carbocycles. The number of nitrogens with zero attached hydrogens (tertiary/aromatic N) is 2. The van der Waals surface area contributed by atoms with E-state index in [9.17, 15) is 15.2 Å². The zero-order chi connectivity index (χ0) is 15.5. The Balaban J connectivity index is 2.12. The second-order valence-electron chi connectivity index (χ2n) is 4.55. The monoisotopic (exact) mass is 306 g/mol. The molecule has 4 nitrogen and oxygen atoms in total. The smallest absolute Gasteiger partial charge is 0.336 e. The highest BCUT2D eigenvalue weighted by Crippen LogP contribution is 2.28. The van der Waals surface area contributed by atoms with Crippen LogP contribution in [0.2, 0.25) is 0 Å². The molecule has 0 fully saturated rings. The molecule has 0 aliphatic carbocycles. The van der Waals surface area contributed by atoms with Crippen molar-refractivity contribution in [3.63, 3.8) is 0 Å². The lowest BCUT2D eigenvalue weighted by Gasteiger charge is -2.00. The van der Waals surface area contributed by atoms with Gasteiger partial charge in [0.25, 0.3) is 0 Å². The van der Waals surface area contributed by atoms with E-state index in [1.165, 1.54) is 17.4 Å². The number of hydrogen-bond donors (Lipinski definition) is 1. The van der Waals surface area contributed by atoms with Gasteiger partial charge in [0.15, 0.2) is 0 Å². The quantitative estimate of drug-likeness (QED) is 0.740. The number of aromatic nitrogens is 1. The van der Waals surface area contributed by atoms with Crippen LogP contribution in [0.4, 0.5) is 0 Å². The molecule has 0 aliphatic rings. The summed E-state index contributed by atoms with van der Waals surface area (Å²) in [4.78, 5) is 15.7. The lowest BCUT2D eigenvalue weighted by atomic mass is 10.1. The molecule has 0 unspecified atom stereocenters. The second kappa shape index (κ2) is 5.80. The Hall–Kier alpha value is -2.97. The van der Waals surface area contributed by atoms with Crippen molar-refractivity contribution in [3.05, 3.63) is 64.7 Å². The van der Waals surface area contributed by atoms with Crippen LogP contribution in [-0.2, 0) is 0 Å². The average Bonchev–Trinajstić information content (AvgIpc) is 2.96. The molecular formula is C17H10N2O2S. The van der Waals surface area contributed by atoms with Crippen LogP contribution < -0.4 is 0 Å². The Bertz CT molecular complexity index is 902. The normalized spacial score (nSPS) is 11.3. The fraction of sp³-hybridized carbons (Fsp3) is 0. The van der Waals surface area contributed by atoms with Gasteiger partial charge in [-0.2, -0.15) is 5.26 Å². The number of carbonyl (C=O) groups is 1. The lowest BCUT2D eigenvalue weighted by molar-refractivity contribution is 0.0696. The maximum Gasteiger partial charge on any atom is 0.336 e. The van der Waals surface area contributed by atoms with Crippen LogP contribution in [0.15, 0.2) is 48.5 Å². The van der Waals surface area contributed by atoms with E-state index in [-0.39, 0.29) is 5.56 Å². The van der Waals surface area contributed by atoms with Crippen LogP contribution >= 0.6 is 11.3 Å². The molecule has 0 amide bonds. The summed E-state index contributed by atoms with van der Waals surface area (Å²) >= 11 is 1.41. The predicted molar refractivity (Wildman–Crippen MR) is 86.5 cm³/mol. The third-order valence-corrected chi connectivity index (χ3v) is 4.21. The van der Waals surface area contributed by atoms with Gasteiger partial charge < -0.3 is 5.11 Å². The van der Waals surface area contributed by atoms with E-state index < -0.39 is 5.97 Å². The first-order chi connectivity index (χ1) is 10.7.